The zero-order valence-electron chi connectivity index (χ0n) is 30.1. The minimum absolute atomic E-state index is 0.0366. The predicted molar refractivity (Wildman–Crippen MR) is 190 cm³/mol. The largest absolute Gasteiger partial charge is 0.493 e. The number of piperidine rings is 1. The normalized spacial score (nSPS) is 18.4. The Morgan fingerprint density at radius 1 is 1.06 bits per heavy atom. The van der Waals surface area contributed by atoms with Crippen LogP contribution in [0.3, 0.4) is 0 Å². The first kappa shape index (κ1) is 38.7. The van der Waals surface area contributed by atoms with Crippen LogP contribution in [0.1, 0.15) is 49.2 Å². The van der Waals surface area contributed by atoms with Gasteiger partial charge in [-0.15, -0.1) is 0 Å². The van der Waals surface area contributed by atoms with Crippen molar-refractivity contribution in [3.05, 3.63) is 52.3 Å². The van der Waals surface area contributed by atoms with E-state index in [0.29, 0.717) is 25.5 Å². The lowest BCUT2D eigenvalue weighted by Crippen LogP contribution is -2.50. The van der Waals surface area contributed by atoms with Gasteiger partial charge in [0.05, 0.1) is 30.4 Å². The van der Waals surface area contributed by atoms with E-state index in [0.717, 1.165) is 17.1 Å². The molecule has 1 unspecified atom stereocenters. The number of hydrogen-bond acceptors (Lipinski definition) is 7. The molecule has 0 N–H and O–H groups in total. The monoisotopic (exact) mass is 755 g/mol. The molecule has 2 aliphatic heterocycles. The Kier molecular flexibility index (Phi) is 11.2. The van der Waals surface area contributed by atoms with Gasteiger partial charge in [-0.2, -0.15) is 0 Å². The molecule has 280 valence electrons. The highest BCUT2D eigenvalue weighted by molar-refractivity contribution is 6.76. The number of likely N-dealkylation sites (tertiary alicyclic amines) is 1. The van der Waals surface area contributed by atoms with E-state index in [2.05, 4.69) is 24.6 Å². The van der Waals surface area contributed by atoms with Crippen molar-refractivity contribution < 1.29 is 41.4 Å². The summed E-state index contributed by atoms with van der Waals surface area (Å²) in [6, 6.07) is 4.89. The number of anilines is 1. The number of carbonyl (C=O) groups is 2. The smallest absolute Gasteiger partial charge is 0.410 e. The van der Waals surface area contributed by atoms with Crippen LogP contribution in [-0.4, -0.2) is 104 Å². The number of carbonyl (C=O) groups excluding carboxylic acids is 2. The number of rotatable bonds is 9. The summed E-state index contributed by atoms with van der Waals surface area (Å²) in [4.78, 5) is 35.6. The standard InChI is InChI=1S/C35H46ClF4N5O5Si/c1-34(2,3)50-33(47)44-19-22(17-35(39,40)20-44)24-15-26(36)25-16-27(45(30(25)29(24)38)21-49-12-13-51(5,6)7)32(46)43-10-8-42(9-11-43)31-28(48-4)14-23(37)18-41-31/h14-16,18,22H,8-13,17,19-21H2,1-7H3. The summed E-state index contributed by atoms with van der Waals surface area (Å²) in [5.74, 6) is -5.43. The molecule has 16 heteroatoms. The van der Waals surface area contributed by atoms with Crippen molar-refractivity contribution >= 4 is 48.4 Å². The average Bonchev–Trinajstić information content (AvgIpc) is 3.43. The van der Waals surface area contributed by atoms with Gasteiger partial charge in [-0.05, 0) is 44.5 Å². The van der Waals surface area contributed by atoms with Gasteiger partial charge in [0.25, 0.3) is 11.8 Å². The molecule has 2 amide bonds. The van der Waals surface area contributed by atoms with Crippen molar-refractivity contribution in [3.63, 3.8) is 0 Å². The van der Waals surface area contributed by atoms with Crippen LogP contribution < -0.4 is 9.64 Å². The van der Waals surface area contributed by atoms with E-state index >= 15 is 13.2 Å². The zero-order chi connectivity index (χ0) is 37.5. The molecule has 2 aromatic heterocycles. The molecule has 2 aliphatic rings. The Hall–Kier alpha value is -3.56. The summed E-state index contributed by atoms with van der Waals surface area (Å²) in [6.45, 7) is 11.9. The van der Waals surface area contributed by atoms with Crippen LogP contribution >= 0.6 is 11.6 Å². The highest BCUT2D eigenvalue weighted by Crippen LogP contribution is 2.42. The lowest BCUT2D eigenvalue weighted by molar-refractivity contribution is -0.0758. The first-order valence-electron chi connectivity index (χ1n) is 17.0. The topological polar surface area (TPSA) is 89.4 Å². The second-order valence-corrected chi connectivity index (χ2v) is 21.4. The molecule has 2 fully saturated rings. The number of pyridine rings is 1. The third-order valence-electron chi connectivity index (χ3n) is 8.92. The van der Waals surface area contributed by atoms with Crippen molar-refractivity contribution in [2.75, 3.05) is 57.9 Å². The van der Waals surface area contributed by atoms with Crippen LogP contribution in [0.15, 0.2) is 24.4 Å². The number of amides is 2. The van der Waals surface area contributed by atoms with E-state index in [1.54, 1.807) is 25.7 Å². The van der Waals surface area contributed by atoms with Crippen LogP contribution in [0, 0.1) is 11.6 Å². The number of benzene rings is 1. The van der Waals surface area contributed by atoms with E-state index in [1.165, 1.54) is 29.9 Å². The Bertz CT molecular complexity index is 1770. The van der Waals surface area contributed by atoms with Crippen LogP contribution in [-0.2, 0) is 16.2 Å². The van der Waals surface area contributed by atoms with Crippen molar-refractivity contribution in [2.45, 2.75) is 77.0 Å². The molecule has 1 aromatic carbocycles. The van der Waals surface area contributed by atoms with Crippen molar-refractivity contribution in [3.8, 4) is 5.75 Å². The van der Waals surface area contributed by atoms with Crippen LogP contribution in [0.4, 0.5) is 28.2 Å². The molecule has 0 spiro atoms. The molecule has 0 radical (unpaired) electrons. The summed E-state index contributed by atoms with van der Waals surface area (Å²) in [5.41, 5.74) is -0.907. The summed E-state index contributed by atoms with van der Waals surface area (Å²) in [6.07, 6.45) is -0.519. The van der Waals surface area contributed by atoms with Crippen LogP contribution in [0.2, 0.25) is 30.7 Å². The van der Waals surface area contributed by atoms with E-state index in [4.69, 9.17) is 25.8 Å². The Morgan fingerprint density at radius 3 is 2.37 bits per heavy atom. The fourth-order valence-corrected chi connectivity index (χ4v) is 7.40. The summed E-state index contributed by atoms with van der Waals surface area (Å²) in [7, 11) is -0.0662. The second-order valence-electron chi connectivity index (χ2n) is 15.4. The van der Waals surface area contributed by atoms with Gasteiger partial charge >= 0.3 is 6.09 Å². The Balaban J connectivity index is 1.48. The van der Waals surface area contributed by atoms with E-state index < -0.39 is 62.1 Å². The Morgan fingerprint density at radius 2 is 1.75 bits per heavy atom. The number of alkyl halides is 2. The van der Waals surface area contributed by atoms with Gasteiger partial charge in [0.2, 0.25) is 0 Å². The molecular formula is C35H46ClF4N5O5Si. The van der Waals surface area contributed by atoms with Gasteiger partial charge in [-0.25, -0.2) is 27.3 Å². The number of ether oxygens (including phenoxy) is 3. The van der Waals surface area contributed by atoms with Crippen molar-refractivity contribution in [2.24, 2.45) is 0 Å². The minimum atomic E-state index is -3.31. The number of aromatic nitrogens is 2. The molecule has 0 aliphatic carbocycles. The molecule has 51 heavy (non-hydrogen) atoms. The van der Waals surface area contributed by atoms with Crippen molar-refractivity contribution in [1.82, 2.24) is 19.4 Å². The maximum Gasteiger partial charge on any atom is 0.410 e. The number of hydrogen-bond donors (Lipinski definition) is 0. The molecule has 4 heterocycles. The van der Waals surface area contributed by atoms with Gasteiger partial charge in [-0.3, -0.25) is 4.79 Å². The highest BCUT2D eigenvalue weighted by atomic mass is 35.5. The van der Waals surface area contributed by atoms with E-state index in [9.17, 15) is 14.0 Å². The number of nitrogens with zero attached hydrogens (tertiary/aromatic N) is 5. The Labute approximate surface area is 301 Å². The molecule has 0 bridgehead atoms. The number of fused-ring (bicyclic) bond motifs is 1. The molecule has 1 atom stereocenters. The van der Waals surface area contributed by atoms with E-state index in [-0.39, 0.29) is 59.3 Å². The van der Waals surface area contributed by atoms with Crippen molar-refractivity contribution in [1.29, 1.82) is 0 Å². The molecular weight excluding hydrogens is 710 g/mol. The fraction of sp³-hybridized carbons (Fsp3) is 0.571. The molecule has 2 saturated heterocycles. The third kappa shape index (κ3) is 9.09. The fourth-order valence-electron chi connectivity index (χ4n) is 6.38. The number of halogens is 5. The summed E-state index contributed by atoms with van der Waals surface area (Å²) in [5, 5.41) is 0.314. The van der Waals surface area contributed by atoms with Gasteiger partial charge in [0, 0.05) is 71.2 Å². The lowest BCUT2D eigenvalue weighted by atomic mass is 9.88. The lowest BCUT2D eigenvalue weighted by Gasteiger charge is -2.38. The average molecular weight is 756 g/mol. The van der Waals surface area contributed by atoms with Crippen LogP contribution in [0.25, 0.3) is 10.9 Å². The summed E-state index contributed by atoms with van der Waals surface area (Å²) >= 11 is 6.75. The van der Waals surface area contributed by atoms with Gasteiger partial charge in [-0.1, -0.05) is 31.2 Å². The minimum Gasteiger partial charge on any atom is -0.493 e. The summed E-state index contributed by atoms with van der Waals surface area (Å²) < 4.78 is 78.9. The molecule has 5 rings (SSSR count). The highest BCUT2D eigenvalue weighted by Gasteiger charge is 2.45. The predicted octanol–water partition coefficient (Wildman–Crippen LogP) is 7.61. The molecule has 0 saturated carbocycles. The zero-order valence-corrected chi connectivity index (χ0v) is 31.9. The number of methoxy groups -OCH3 is 1. The van der Waals surface area contributed by atoms with Gasteiger partial charge in [0.15, 0.2) is 17.4 Å². The maximum atomic E-state index is 16.8. The molecule has 10 nitrogen and oxygen atoms in total. The van der Waals surface area contributed by atoms with Gasteiger partial charge in [0.1, 0.15) is 23.8 Å². The first-order chi connectivity index (χ1) is 23.8. The van der Waals surface area contributed by atoms with Crippen LogP contribution in [0.5, 0.6) is 5.75 Å². The second kappa shape index (κ2) is 14.8. The quantitative estimate of drug-likeness (QED) is 0.126. The third-order valence-corrected chi connectivity index (χ3v) is 10.9. The van der Waals surface area contributed by atoms with E-state index in [1.807, 2.05) is 4.90 Å². The molecule has 3 aromatic rings. The first-order valence-corrected chi connectivity index (χ1v) is 21.0. The van der Waals surface area contributed by atoms with Gasteiger partial charge < -0.3 is 33.5 Å². The number of piperazine rings is 1. The SMILES string of the molecule is COc1cc(F)cnc1N1CCN(C(=O)c2cc3c(Cl)cc(C4CN(C(=O)OC(C)(C)C)CC(F)(F)C4)c(F)c3n2COCC[Si](C)(C)C)CC1. The maximum absolute atomic E-state index is 16.8.